The maximum atomic E-state index is 15.0. The van der Waals surface area contributed by atoms with Crippen LogP contribution < -0.4 is 25.8 Å². The molecule has 182 valence electrons. The molecule has 3 aromatic rings. The molecule has 36 heavy (non-hydrogen) atoms. The monoisotopic (exact) mass is 504 g/mol. The molecule has 1 aliphatic heterocycles. The summed E-state index contributed by atoms with van der Waals surface area (Å²) in [6.07, 6.45) is 0.981. The second kappa shape index (κ2) is 9.64. The molecule has 1 aliphatic rings. The molecule has 0 aliphatic carbocycles. The number of anilines is 1. The van der Waals surface area contributed by atoms with Gasteiger partial charge in [0.1, 0.15) is 20.8 Å². The van der Waals surface area contributed by atoms with Gasteiger partial charge in [-0.05, 0) is 43.2 Å². The van der Waals surface area contributed by atoms with Gasteiger partial charge in [-0.3, -0.25) is 14.2 Å². The number of amides is 1. The predicted octanol–water partition coefficient (Wildman–Crippen LogP) is 1.86. The largest absolute Gasteiger partial charge is 0.466 e. The number of hydrogen-bond acceptors (Lipinski definition) is 7. The summed E-state index contributed by atoms with van der Waals surface area (Å²) in [5, 5.41) is 12.8. The van der Waals surface area contributed by atoms with Gasteiger partial charge in [0.2, 0.25) is 0 Å². The Kier molecular flexibility index (Phi) is 6.59. The van der Waals surface area contributed by atoms with Crippen molar-refractivity contribution in [2.45, 2.75) is 19.8 Å². The van der Waals surface area contributed by atoms with Gasteiger partial charge in [0.05, 0.1) is 30.2 Å². The number of nitrogens with one attached hydrogen (secondary N) is 1. The van der Waals surface area contributed by atoms with E-state index in [4.69, 9.17) is 5.73 Å². The summed E-state index contributed by atoms with van der Waals surface area (Å²) in [6, 6.07) is 13.0. The number of hydrogen-bond donors (Lipinski definition) is 2. The number of ether oxygens (including phenoxy) is 1. The summed E-state index contributed by atoms with van der Waals surface area (Å²) in [5.41, 5.74) is 7.83. The molecule has 3 N–H and O–H groups in total. The SMILES string of the molecule is COC(=O)/C=c1\sc2n(c1=O)C(N)=C(C#N)[C@H](c1ccccc1F)C=2C(=O)Nc1ccc(C)c(C)c1. The van der Waals surface area contributed by atoms with E-state index in [0.717, 1.165) is 40.2 Å². The van der Waals surface area contributed by atoms with Crippen molar-refractivity contribution in [3.63, 3.8) is 0 Å². The first-order valence-corrected chi connectivity index (χ1v) is 11.6. The number of esters is 1. The Morgan fingerprint density at radius 2 is 1.94 bits per heavy atom. The number of aryl methyl sites for hydroxylation is 2. The van der Waals surface area contributed by atoms with Crippen LogP contribution in [-0.2, 0) is 14.3 Å². The van der Waals surface area contributed by atoms with Crippen LogP contribution in [0.4, 0.5) is 10.1 Å². The minimum absolute atomic E-state index is 0.0457. The van der Waals surface area contributed by atoms with Crippen molar-refractivity contribution < 1.29 is 18.7 Å². The smallest absolute Gasteiger partial charge is 0.332 e. The van der Waals surface area contributed by atoms with Gasteiger partial charge in [-0.2, -0.15) is 5.26 Å². The average molecular weight is 505 g/mol. The first-order chi connectivity index (χ1) is 17.2. The Labute approximate surface area is 209 Å². The molecule has 1 aromatic heterocycles. The van der Waals surface area contributed by atoms with E-state index in [1.54, 1.807) is 18.2 Å². The van der Waals surface area contributed by atoms with E-state index in [0.29, 0.717) is 5.69 Å². The second-order valence-corrected chi connectivity index (χ2v) is 9.14. The summed E-state index contributed by atoms with van der Waals surface area (Å²) >= 11 is 0.829. The van der Waals surface area contributed by atoms with Crippen LogP contribution in [0.15, 0.2) is 52.8 Å². The van der Waals surface area contributed by atoms with Crippen molar-refractivity contribution >= 4 is 46.4 Å². The van der Waals surface area contributed by atoms with E-state index in [2.05, 4.69) is 10.1 Å². The summed E-state index contributed by atoms with van der Waals surface area (Å²) in [7, 11) is 1.16. The van der Waals surface area contributed by atoms with E-state index in [-0.39, 0.29) is 31.7 Å². The highest BCUT2D eigenvalue weighted by Crippen LogP contribution is 2.37. The molecule has 1 atom stereocenters. The van der Waals surface area contributed by atoms with Gasteiger partial charge >= 0.3 is 5.97 Å². The highest BCUT2D eigenvalue weighted by atomic mass is 32.1. The molecule has 0 fully saturated rings. The van der Waals surface area contributed by atoms with Crippen LogP contribution in [-0.4, -0.2) is 23.6 Å². The molecule has 10 heteroatoms. The standard InChI is InChI=1S/C26H21FN4O4S/c1-13-8-9-15(10-14(13)2)30-24(33)22-21(16-6-4-5-7-18(16)27)17(12-28)23(29)31-25(34)19(36-26(22)31)11-20(32)35-3/h4-11,21H,29H2,1-3H3,(H,30,33)/b19-11-/t21-/m0/s1. The predicted molar refractivity (Wildman–Crippen MR) is 134 cm³/mol. The molecule has 0 spiro atoms. The van der Waals surface area contributed by atoms with Crippen LogP contribution in [0.1, 0.15) is 22.6 Å². The van der Waals surface area contributed by atoms with Crippen molar-refractivity contribution in [3.05, 3.63) is 90.1 Å². The molecule has 2 heterocycles. The summed E-state index contributed by atoms with van der Waals surface area (Å²) < 4.78 is 20.7. The van der Waals surface area contributed by atoms with Gasteiger partial charge in [0.25, 0.3) is 11.5 Å². The number of nitrogens with zero attached hydrogens (tertiary/aromatic N) is 2. The lowest BCUT2D eigenvalue weighted by molar-refractivity contribution is -0.133. The number of benzene rings is 2. The number of aromatic nitrogens is 1. The molecule has 4 rings (SSSR count). The molecule has 0 saturated heterocycles. The van der Waals surface area contributed by atoms with Crippen LogP contribution in [0, 0.1) is 31.0 Å². The topological polar surface area (TPSA) is 127 Å². The number of carbonyl (C=O) groups excluding carboxylic acids is 2. The van der Waals surface area contributed by atoms with Crippen molar-refractivity contribution in [3.8, 4) is 6.07 Å². The number of allylic oxidation sites excluding steroid dienone is 1. The Morgan fingerprint density at radius 3 is 2.58 bits per heavy atom. The Balaban J connectivity index is 2.06. The van der Waals surface area contributed by atoms with E-state index >= 15 is 0 Å². The zero-order valence-corrected chi connectivity index (χ0v) is 20.4. The van der Waals surface area contributed by atoms with Gasteiger partial charge in [0, 0.05) is 17.3 Å². The van der Waals surface area contributed by atoms with Crippen molar-refractivity contribution in [2.24, 2.45) is 5.73 Å². The fourth-order valence-electron chi connectivity index (χ4n) is 3.97. The highest BCUT2D eigenvalue weighted by Gasteiger charge is 2.37. The quantitative estimate of drug-likeness (QED) is 0.522. The van der Waals surface area contributed by atoms with E-state index in [9.17, 15) is 24.0 Å². The minimum atomic E-state index is -1.19. The molecular formula is C26H21FN4O4S. The maximum Gasteiger partial charge on any atom is 0.332 e. The number of methoxy groups -OCH3 is 1. The van der Waals surface area contributed by atoms with Crippen molar-refractivity contribution in [1.82, 2.24) is 4.57 Å². The van der Waals surface area contributed by atoms with Crippen LogP contribution in [0.25, 0.3) is 17.5 Å². The highest BCUT2D eigenvalue weighted by molar-refractivity contribution is 7.07. The summed E-state index contributed by atoms with van der Waals surface area (Å²) in [6.45, 7) is 3.82. The molecular weight excluding hydrogens is 483 g/mol. The minimum Gasteiger partial charge on any atom is -0.466 e. The molecule has 1 amide bonds. The zero-order valence-electron chi connectivity index (χ0n) is 19.6. The van der Waals surface area contributed by atoms with E-state index < -0.39 is 29.2 Å². The molecule has 8 nitrogen and oxygen atoms in total. The third kappa shape index (κ3) is 4.21. The number of nitrogens with two attached hydrogens (primary N) is 1. The molecule has 0 bridgehead atoms. The van der Waals surface area contributed by atoms with E-state index in [1.807, 2.05) is 26.0 Å². The Morgan fingerprint density at radius 1 is 1.22 bits per heavy atom. The van der Waals surface area contributed by atoms with Gasteiger partial charge in [-0.1, -0.05) is 24.3 Å². The van der Waals surface area contributed by atoms with Crippen LogP contribution in [0.3, 0.4) is 0 Å². The fraction of sp³-hybridized carbons (Fsp3) is 0.154. The third-order valence-corrected chi connectivity index (χ3v) is 7.05. The van der Waals surface area contributed by atoms with Crippen molar-refractivity contribution in [1.29, 1.82) is 5.26 Å². The Bertz CT molecular complexity index is 1680. The molecule has 2 aromatic carbocycles. The van der Waals surface area contributed by atoms with Gasteiger partial charge < -0.3 is 15.8 Å². The van der Waals surface area contributed by atoms with Crippen LogP contribution >= 0.6 is 11.3 Å². The van der Waals surface area contributed by atoms with Crippen molar-refractivity contribution in [2.75, 3.05) is 12.4 Å². The molecule has 0 saturated carbocycles. The lowest BCUT2D eigenvalue weighted by atomic mass is 9.83. The first kappa shape index (κ1) is 24.6. The summed E-state index contributed by atoms with van der Waals surface area (Å²) in [4.78, 5) is 38.7. The van der Waals surface area contributed by atoms with Gasteiger partial charge in [-0.15, -0.1) is 11.3 Å². The lowest BCUT2D eigenvalue weighted by Crippen LogP contribution is -2.41. The maximum absolute atomic E-state index is 15.0. The summed E-state index contributed by atoms with van der Waals surface area (Å²) in [5.74, 6) is -3.50. The normalized spacial score (nSPS) is 15.4. The number of rotatable bonds is 4. The van der Waals surface area contributed by atoms with Gasteiger partial charge in [0.15, 0.2) is 0 Å². The Hall–Kier alpha value is -4.49. The average Bonchev–Trinajstić information content (AvgIpc) is 3.17. The number of nitriles is 1. The fourth-order valence-corrected chi connectivity index (χ4v) is 5.11. The van der Waals surface area contributed by atoms with Crippen LogP contribution in [0.5, 0.6) is 0 Å². The van der Waals surface area contributed by atoms with Gasteiger partial charge in [-0.25, -0.2) is 9.18 Å². The van der Waals surface area contributed by atoms with E-state index in [1.165, 1.54) is 18.2 Å². The third-order valence-electron chi connectivity index (χ3n) is 5.94. The lowest BCUT2D eigenvalue weighted by Gasteiger charge is -2.25. The second-order valence-electron chi connectivity index (χ2n) is 8.11. The molecule has 0 unspecified atom stereocenters. The number of carbonyl (C=O) groups is 2. The number of thiazole rings is 1. The number of fused-ring (bicyclic) bond motifs is 1. The first-order valence-electron chi connectivity index (χ1n) is 10.8. The number of halogens is 1. The zero-order chi connectivity index (χ0) is 26.1. The van der Waals surface area contributed by atoms with Crippen LogP contribution in [0.2, 0.25) is 0 Å². The molecule has 0 radical (unpaired) electrons.